The fourth-order valence-corrected chi connectivity index (χ4v) is 1.34. The summed E-state index contributed by atoms with van der Waals surface area (Å²) in [7, 11) is 1.65. The van der Waals surface area contributed by atoms with Crippen LogP contribution in [0.5, 0.6) is 0 Å². The summed E-state index contributed by atoms with van der Waals surface area (Å²) >= 11 is 0. The molecule has 0 saturated carbocycles. The van der Waals surface area contributed by atoms with Crippen LogP contribution in [0, 0.1) is 0 Å². The minimum Gasteiger partial charge on any atom is -0.385 e. The molecule has 1 unspecified atom stereocenters. The molecule has 6 nitrogen and oxygen atoms in total. The summed E-state index contributed by atoms with van der Waals surface area (Å²) in [6.07, 6.45) is 2.24. The van der Waals surface area contributed by atoms with Gasteiger partial charge in [0.15, 0.2) is 0 Å². The van der Waals surface area contributed by atoms with Crippen molar-refractivity contribution in [3.63, 3.8) is 0 Å². The highest BCUT2D eigenvalue weighted by atomic mass is 16.5. The van der Waals surface area contributed by atoms with Gasteiger partial charge in [-0.1, -0.05) is 0 Å². The summed E-state index contributed by atoms with van der Waals surface area (Å²) in [4.78, 5) is 14.9. The second-order valence-corrected chi connectivity index (χ2v) is 3.65. The van der Waals surface area contributed by atoms with Crippen LogP contribution >= 0.6 is 0 Å². The molecule has 94 valence electrons. The lowest BCUT2D eigenvalue weighted by Gasteiger charge is -2.16. The normalized spacial score (nSPS) is 12.1. The van der Waals surface area contributed by atoms with E-state index < -0.39 is 5.91 Å². The molecule has 1 heterocycles. The van der Waals surface area contributed by atoms with Gasteiger partial charge in [0.25, 0.3) is 0 Å². The summed E-state index contributed by atoms with van der Waals surface area (Å²) < 4.78 is 4.99. The van der Waals surface area contributed by atoms with E-state index >= 15 is 0 Å². The van der Waals surface area contributed by atoms with Gasteiger partial charge < -0.3 is 21.5 Å². The molecule has 1 atom stereocenters. The lowest BCUT2D eigenvalue weighted by atomic mass is 10.2. The number of rotatable bonds is 7. The largest absolute Gasteiger partial charge is 0.385 e. The molecule has 1 amide bonds. The summed E-state index contributed by atoms with van der Waals surface area (Å²) in [5.74, 6) is 0.181. The first-order chi connectivity index (χ1) is 8.17. The Morgan fingerprint density at radius 3 is 2.82 bits per heavy atom. The van der Waals surface area contributed by atoms with Gasteiger partial charge in [-0.3, -0.25) is 4.79 Å². The van der Waals surface area contributed by atoms with Crippen molar-refractivity contribution in [1.29, 1.82) is 0 Å². The van der Waals surface area contributed by atoms with Crippen LogP contribution in [-0.2, 0) is 4.74 Å². The van der Waals surface area contributed by atoms with Gasteiger partial charge in [-0.25, -0.2) is 4.98 Å². The molecule has 1 aromatic heterocycles. The first-order valence-electron chi connectivity index (χ1n) is 5.38. The highest BCUT2D eigenvalue weighted by Gasteiger charge is 2.07. The molecule has 1 rings (SSSR count). The van der Waals surface area contributed by atoms with Crippen molar-refractivity contribution in [1.82, 2.24) is 4.98 Å². The van der Waals surface area contributed by atoms with E-state index in [0.717, 1.165) is 6.42 Å². The highest BCUT2D eigenvalue weighted by Crippen LogP contribution is 2.07. The second-order valence-electron chi connectivity index (χ2n) is 3.65. The monoisotopic (exact) mass is 238 g/mol. The van der Waals surface area contributed by atoms with Gasteiger partial charge in [-0.05, 0) is 18.6 Å². The van der Waals surface area contributed by atoms with Crippen LogP contribution in [0.25, 0.3) is 0 Å². The van der Waals surface area contributed by atoms with Crippen molar-refractivity contribution in [2.75, 3.05) is 25.6 Å². The summed E-state index contributed by atoms with van der Waals surface area (Å²) in [5.41, 5.74) is 11.1. The number of aromatic nitrogens is 1. The minimum atomic E-state index is -0.487. The number of nitrogens with two attached hydrogens (primary N) is 2. The summed E-state index contributed by atoms with van der Waals surface area (Å²) in [5, 5.41) is 3.16. The third-order valence-electron chi connectivity index (χ3n) is 2.35. The number of carbonyl (C=O) groups is 1. The zero-order chi connectivity index (χ0) is 12.7. The van der Waals surface area contributed by atoms with Crippen LogP contribution in [0.15, 0.2) is 18.3 Å². The van der Waals surface area contributed by atoms with E-state index in [1.807, 2.05) is 0 Å². The van der Waals surface area contributed by atoms with E-state index in [-0.39, 0.29) is 6.04 Å². The topological polar surface area (TPSA) is 103 Å². The van der Waals surface area contributed by atoms with Crippen molar-refractivity contribution in [2.24, 2.45) is 11.5 Å². The van der Waals surface area contributed by atoms with Crippen LogP contribution in [0.1, 0.15) is 16.8 Å². The van der Waals surface area contributed by atoms with Gasteiger partial charge in [-0.15, -0.1) is 0 Å². The minimum absolute atomic E-state index is 0.0990. The molecule has 0 aliphatic rings. The fourth-order valence-electron chi connectivity index (χ4n) is 1.34. The number of ether oxygens (including phenoxy) is 1. The van der Waals surface area contributed by atoms with Gasteiger partial charge in [-0.2, -0.15) is 0 Å². The number of methoxy groups -OCH3 is 1. The maximum atomic E-state index is 10.9. The SMILES string of the molecule is COCCC(CN)Nc1ccc(C(N)=O)cn1. The predicted molar refractivity (Wildman–Crippen MR) is 65.7 cm³/mol. The quantitative estimate of drug-likeness (QED) is 0.618. The van der Waals surface area contributed by atoms with E-state index in [9.17, 15) is 4.79 Å². The number of nitrogens with one attached hydrogen (secondary N) is 1. The molecule has 17 heavy (non-hydrogen) atoms. The van der Waals surface area contributed by atoms with Crippen molar-refractivity contribution in [3.05, 3.63) is 23.9 Å². The number of nitrogens with zero attached hydrogens (tertiary/aromatic N) is 1. The molecular formula is C11H18N4O2. The first kappa shape index (κ1) is 13.4. The van der Waals surface area contributed by atoms with Crippen molar-refractivity contribution < 1.29 is 9.53 Å². The zero-order valence-corrected chi connectivity index (χ0v) is 9.85. The Bertz CT molecular complexity index is 353. The van der Waals surface area contributed by atoms with E-state index in [1.165, 1.54) is 6.20 Å². The molecule has 6 heteroatoms. The highest BCUT2D eigenvalue weighted by molar-refractivity contribution is 5.92. The molecule has 0 aromatic carbocycles. The predicted octanol–water partition coefficient (Wildman–Crippen LogP) is -0.0438. The summed E-state index contributed by atoms with van der Waals surface area (Å²) in [6, 6.07) is 3.43. The number of primary amides is 1. The standard InChI is InChI=1S/C11H18N4O2/c1-17-5-4-9(6-12)15-10-3-2-8(7-14-10)11(13)16/h2-3,7,9H,4-6,12H2,1H3,(H2,13,16)(H,14,15). The fraction of sp³-hybridized carbons (Fsp3) is 0.455. The molecule has 0 spiro atoms. The third-order valence-corrected chi connectivity index (χ3v) is 2.35. The van der Waals surface area contributed by atoms with Crippen LogP contribution < -0.4 is 16.8 Å². The summed E-state index contributed by atoms with van der Waals surface area (Å²) in [6.45, 7) is 1.12. The molecular weight excluding hydrogens is 220 g/mol. The maximum Gasteiger partial charge on any atom is 0.250 e. The lowest BCUT2D eigenvalue weighted by molar-refractivity contribution is 0.1000. The van der Waals surface area contributed by atoms with Gasteiger partial charge in [0.2, 0.25) is 5.91 Å². The molecule has 0 aliphatic carbocycles. The number of amides is 1. The smallest absolute Gasteiger partial charge is 0.250 e. The number of hydrogen-bond donors (Lipinski definition) is 3. The number of anilines is 1. The van der Waals surface area contributed by atoms with Gasteiger partial charge >= 0.3 is 0 Å². The van der Waals surface area contributed by atoms with Gasteiger partial charge in [0.1, 0.15) is 5.82 Å². The second kappa shape index (κ2) is 6.82. The lowest BCUT2D eigenvalue weighted by Crippen LogP contribution is -2.30. The van der Waals surface area contributed by atoms with E-state index in [1.54, 1.807) is 19.2 Å². The first-order valence-corrected chi connectivity index (χ1v) is 5.38. The molecule has 0 saturated heterocycles. The molecule has 0 bridgehead atoms. The number of carbonyl (C=O) groups excluding carboxylic acids is 1. The Morgan fingerprint density at radius 1 is 1.59 bits per heavy atom. The van der Waals surface area contributed by atoms with Crippen molar-refractivity contribution in [3.8, 4) is 0 Å². The molecule has 0 radical (unpaired) electrons. The van der Waals surface area contributed by atoms with E-state index in [2.05, 4.69) is 10.3 Å². The average Bonchev–Trinajstić information content (AvgIpc) is 2.35. The van der Waals surface area contributed by atoms with Gasteiger partial charge in [0, 0.05) is 32.5 Å². The Hall–Kier alpha value is -1.66. The molecule has 5 N–H and O–H groups in total. The molecule has 1 aromatic rings. The van der Waals surface area contributed by atoms with Gasteiger partial charge in [0.05, 0.1) is 5.56 Å². The third kappa shape index (κ3) is 4.38. The average molecular weight is 238 g/mol. The Morgan fingerprint density at radius 2 is 2.35 bits per heavy atom. The molecule has 0 fully saturated rings. The number of pyridine rings is 1. The Balaban J connectivity index is 2.57. The van der Waals surface area contributed by atoms with Crippen LogP contribution in [0.2, 0.25) is 0 Å². The maximum absolute atomic E-state index is 10.9. The van der Waals surface area contributed by atoms with Crippen LogP contribution in [0.4, 0.5) is 5.82 Å². The van der Waals surface area contributed by atoms with Crippen molar-refractivity contribution in [2.45, 2.75) is 12.5 Å². The molecule has 0 aliphatic heterocycles. The Kier molecular flexibility index (Phi) is 5.38. The van der Waals surface area contributed by atoms with Crippen LogP contribution in [0.3, 0.4) is 0 Å². The van der Waals surface area contributed by atoms with E-state index in [0.29, 0.717) is 24.5 Å². The zero-order valence-electron chi connectivity index (χ0n) is 9.85. The van der Waals surface area contributed by atoms with E-state index in [4.69, 9.17) is 16.2 Å². The van der Waals surface area contributed by atoms with Crippen molar-refractivity contribution >= 4 is 11.7 Å². The Labute approximate surface area is 100 Å². The number of hydrogen-bond acceptors (Lipinski definition) is 5. The van der Waals surface area contributed by atoms with Crippen LogP contribution in [-0.4, -0.2) is 37.2 Å².